The molecule has 2 amide bonds. The lowest BCUT2D eigenvalue weighted by Crippen LogP contribution is -2.45. The Labute approximate surface area is 139 Å². The minimum Gasteiger partial charge on any atom is -0.334 e. The van der Waals surface area contributed by atoms with Crippen molar-refractivity contribution in [3.05, 3.63) is 35.6 Å². The van der Waals surface area contributed by atoms with E-state index < -0.39 is 0 Å². The van der Waals surface area contributed by atoms with Crippen LogP contribution in [-0.2, 0) is 6.54 Å². The second-order valence-electron chi connectivity index (χ2n) is 6.16. The lowest BCUT2D eigenvalue weighted by molar-refractivity contribution is 0.177. The molecule has 0 atom stereocenters. The standard InChI is InChI=1S/C18H30FN3O/c1-5-21(6-2)10-11-22(14-15(3)4)18(23)20-13-16-8-7-9-17(19)12-16/h7-9,12,15H,5-6,10-11,13-14H2,1-4H3,(H,20,23). The Balaban J connectivity index is 2.57. The van der Waals surface area contributed by atoms with Crippen molar-refractivity contribution in [3.8, 4) is 0 Å². The number of urea groups is 1. The molecule has 130 valence electrons. The average Bonchev–Trinajstić information content (AvgIpc) is 2.52. The van der Waals surface area contributed by atoms with Crippen LogP contribution in [0.1, 0.15) is 33.3 Å². The Bertz CT molecular complexity index is 475. The highest BCUT2D eigenvalue weighted by Gasteiger charge is 2.15. The molecule has 23 heavy (non-hydrogen) atoms. The fraction of sp³-hybridized carbons (Fsp3) is 0.611. The number of hydrogen-bond acceptors (Lipinski definition) is 2. The van der Waals surface area contributed by atoms with Crippen molar-refractivity contribution >= 4 is 6.03 Å². The number of nitrogens with zero attached hydrogens (tertiary/aromatic N) is 2. The number of carbonyl (C=O) groups is 1. The maximum atomic E-state index is 13.2. The molecule has 0 radical (unpaired) electrons. The van der Waals surface area contributed by atoms with Crippen molar-refractivity contribution in [1.82, 2.24) is 15.1 Å². The summed E-state index contributed by atoms with van der Waals surface area (Å²) in [6.45, 7) is 13.1. The Morgan fingerprint density at radius 1 is 1.22 bits per heavy atom. The maximum Gasteiger partial charge on any atom is 0.317 e. The fourth-order valence-corrected chi connectivity index (χ4v) is 2.45. The van der Waals surface area contributed by atoms with Crippen LogP contribution in [0.4, 0.5) is 9.18 Å². The molecule has 0 aliphatic rings. The van der Waals surface area contributed by atoms with Gasteiger partial charge in [-0.15, -0.1) is 0 Å². The molecule has 0 saturated heterocycles. The molecule has 0 saturated carbocycles. The molecular weight excluding hydrogens is 293 g/mol. The number of likely N-dealkylation sites (N-methyl/N-ethyl adjacent to an activating group) is 1. The number of carbonyl (C=O) groups excluding carboxylic acids is 1. The highest BCUT2D eigenvalue weighted by atomic mass is 19.1. The summed E-state index contributed by atoms with van der Waals surface area (Å²) >= 11 is 0. The van der Waals surface area contributed by atoms with Gasteiger partial charge in [0.15, 0.2) is 0 Å². The molecule has 1 N–H and O–H groups in total. The Morgan fingerprint density at radius 2 is 1.91 bits per heavy atom. The lowest BCUT2D eigenvalue weighted by Gasteiger charge is -2.28. The first-order chi connectivity index (χ1) is 11.0. The van der Waals surface area contributed by atoms with Crippen LogP contribution < -0.4 is 5.32 Å². The van der Waals surface area contributed by atoms with E-state index >= 15 is 0 Å². The second kappa shape index (κ2) is 10.2. The van der Waals surface area contributed by atoms with Gasteiger partial charge in [-0.2, -0.15) is 0 Å². The number of hydrogen-bond donors (Lipinski definition) is 1. The van der Waals surface area contributed by atoms with Crippen LogP contribution in [0.3, 0.4) is 0 Å². The zero-order chi connectivity index (χ0) is 17.2. The SMILES string of the molecule is CCN(CC)CCN(CC(C)C)C(=O)NCc1cccc(F)c1. The smallest absolute Gasteiger partial charge is 0.317 e. The minimum atomic E-state index is -0.280. The molecule has 1 aromatic carbocycles. The second-order valence-corrected chi connectivity index (χ2v) is 6.16. The molecule has 5 heteroatoms. The molecule has 0 unspecified atom stereocenters. The predicted octanol–water partition coefficient (Wildman–Crippen LogP) is 3.34. The van der Waals surface area contributed by atoms with Crippen LogP contribution in [0.25, 0.3) is 0 Å². The van der Waals surface area contributed by atoms with E-state index in [1.165, 1.54) is 12.1 Å². The van der Waals surface area contributed by atoms with E-state index in [-0.39, 0.29) is 11.8 Å². The van der Waals surface area contributed by atoms with Crippen LogP contribution in [0.5, 0.6) is 0 Å². The van der Waals surface area contributed by atoms with E-state index in [9.17, 15) is 9.18 Å². The first kappa shape index (κ1) is 19.4. The minimum absolute atomic E-state index is 0.0879. The summed E-state index contributed by atoms with van der Waals surface area (Å²) in [5, 5.41) is 2.89. The van der Waals surface area contributed by atoms with Crippen molar-refractivity contribution in [2.45, 2.75) is 34.2 Å². The summed E-state index contributed by atoms with van der Waals surface area (Å²) in [5.41, 5.74) is 0.770. The molecule has 0 fully saturated rings. The van der Waals surface area contributed by atoms with Gasteiger partial charge >= 0.3 is 6.03 Å². The Morgan fingerprint density at radius 3 is 2.48 bits per heavy atom. The molecule has 0 aliphatic heterocycles. The number of nitrogens with one attached hydrogen (secondary N) is 1. The summed E-state index contributed by atoms with van der Waals surface area (Å²) < 4.78 is 13.2. The van der Waals surface area contributed by atoms with E-state index in [1.807, 2.05) is 11.0 Å². The maximum absolute atomic E-state index is 13.2. The third kappa shape index (κ3) is 7.46. The largest absolute Gasteiger partial charge is 0.334 e. The molecule has 0 aliphatic carbocycles. The molecule has 1 rings (SSSR count). The van der Waals surface area contributed by atoms with Crippen LogP contribution in [0, 0.1) is 11.7 Å². The predicted molar refractivity (Wildman–Crippen MR) is 92.8 cm³/mol. The zero-order valence-corrected chi connectivity index (χ0v) is 14.8. The van der Waals surface area contributed by atoms with Gasteiger partial charge in [0.25, 0.3) is 0 Å². The van der Waals surface area contributed by atoms with Crippen molar-refractivity contribution < 1.29 is 9.18 Å². The summed E-state index contributed by atoms with van der Waals surface area (Å²) in [6.07, 6.45) is 0. The highest BCUT2D eigenvalue weighted by Crippen LogP contribution is 2.05. The normalized spacial score (nSPS) is 11.1. The van der Waals surface area contributed by atoms with Crippen LogP contribution in [0.2, 0.25) is 0 Å². The third-order valence-corrected chi connectivity index (χ3v) is 3.79. The quantitative estimate of drug-likeness (QED) is 0.756. The number of amides is 2. The van der Waals surface area contributed by atoms with Gasteiger partial charge in [0.1, 0.15) is 5.82 Å². The molecule has 0 aromatic heterocycles. The molecular formula is C18H30FN3O. The van der Waals surface area contributed by atoms with E-state index in [0.717, 1.165) is 31.7 Å². The lowest BCUT2D eigenvalue weighted by atomic mass is 10.2. The van der Waals surface area contributed by atoms with E-state index in [1.54, 1.807) is 6.07 Å². The summed E-state index contributed by atoms with van der Waals surface area (Å²) in [7, 11) is 0. The summed E-state index contributed by atoms with van der Waals surface area (Å²) in [4.78, 5) is 16.6. The topological polar surface area (TPSA) is 35.6 Å². The highest BCUT2D eigenvalue weighted by molar-refractivity contribution is 5.74. The molecule has 0 bridgehead atoms. The first-order valence-electron chi connectivity index (χ1n) is 8.45. The van der Waals surface area contributed by atoms with Crippen LogP contribution >= 0.6 is 0 Å². The van der Waals surface area contributed by atoms with Gasteiger partial charge in [-0.1, -0.05) is 39.8 Å². The summed E-state index contributed by atoms with van der Waals surface area (Å²) in [6, 6.07) is 6.23. The monoisotopic (exact) mass is 323 g/mol. The molecule has 0 heterocycles. The van der Waals surface area contributed by atoms with Gasteiger partial charge < -0.3 is 15.1 Å². The average molecular weight is 323 g/mol. The third-order valence-electron chi connectivity index (χ3n) is 3.79. The van der Waals surface area contributed by atoms with E-state index in [2.05, 4.69) is 37.9 Å². The molecule has 4 nitrogen and oxygen atoms in total. The van der Waals surface area contributed by atoms with E-state index in [0.29, 0.717) is 19.0 Å². The zero-order valence-electron chi connectivity index (χ0n) is 14.8. The van der Waals surface area contributed by atoms with Gasteiger partial charge in [0, 0.05) is 26.2 Å². The number of benzene rings is 1. The Hall–Kier alpha value is -1.62. The van der Waals surface area contributed by atoms with Crippen LogP contribution in [0.15, 0.2) is 24.3 Å². The fourth-order valence-electron chi connectivity index (χ4n) is 2.45. The molecule has 0 spiro atoms. The van der Waals surface area contributed by atoms with Crippen LogP contribution in [-0.4, -0.2) is 48.6 Å². The number of rotatable bonds is 9. The van der Waals surface area contributed by atoms with Gasteiger partial charge in [-0.3, -0.25) is 0 Å². The summed E-state index contributed by atoms with van der Waals surface area (Å²) in [5.74, 6) is 0.129. The van der Waals surface area contributed by atoms with E-state index in [4.69, 9.17) is 0 Å². The van der Waals surface area contributed by atoms with Crippen molar-refractivity contribution in [2.24, 2.45) is 5.92 Å². The number of halogens is 1. The van der Waals surface area contributed by atoms with Gasteiger partial charge in [-0.25, -0.2) is 9.18 Å². The van der Waals surface area contributed by atoms with Gasteiger partial charge in [0.05, 0.1) is 0 Å². The van der Waals surface area contributed by atoms with Crippen molar-refractivity contribution in [2.75, 3.05) is 32.7 Å². The van der Waals surface area contributed by atoms with Gasteiger partial charge in [-0.05, 0) is 36.7 Å². The van der Waals surface area contributed by atoms with Crippen molar-refractivity contribution in [3.63, 3.8) is 0 Å². The Kier molecular flexibility index (Phi) is 8.62. The van der Waals surface area contributed by atoms with Crippen molar-refractivity contribution in [1.29, 1.82) is 0 Å². The van der Waals surface area contributed by atoms with Gasteiger partial charge in [0.2, 0.25) is 0 Å². The molecule has 1 aromatic rings. The first-order valence-corrected chi connectivity index (χ1v) is 8.45.